The fraction of sp³-hybridized carbons (Fsp3) is 0.500. The molecule has 94 valence electrons. The molecule has 0 bridgehead atoms. The molecule has 0 saturated heterocycles. The van der Waals surface area contributed by atoms with Crippen molar-refractivity contribution in [1.82, 2.24) is 4.57 Å². The molecule has 0 aromatic carbocycles. The highest BCUT2D eigenvalue weighted by molar-refractivity contribution is 5.88. The van der Waals surface area contributed by atoms with Crippen molar-refractivity contribution in [1.29, 1.82) is 0 Å². The topological polar surface area (TPSA) is 68.5 Å². The van der Waals surface area contributed by atoms with E-state index in [2.05, 4.69) is 4.74 Å². The molecule has 0 aliphatic rings. The number of hydrogen-bond donors (Lipinski definition) is 1. The number of carboxylic acids is 1. The van der Waals surface area contributed by atoms with Gasteiger partial charge in [0.05, 0.1) is 7.11 Å². The molecule has 0 fully saturated rings. The molecular weight excluding hydrogens is 222 g/mol. The monoisotopic (exact) mass is 239 g/mol. The Bertz CT molecular complexity index is 397. The van der Waals surface area contributed by atoms with Crippen LogP contribution in [0, 0.1) is 0 Å². The van der Waals surface area contributed by atoms with Crippen LogP contribution in [0.25, 0.3) is 0 Å². The zero-order valence-corrected chi connectivity index (χ0v) is 10.0. The van der Waals surface area contributed by atoms with Gasteiger partial charge in [-0.1, -0.05) is 19.8 Å². The lowest BCUT2D eigenvalue weighted by molar-refractivity contribution is -0.141. The first kappa shape index (κ1) is 13.3. The van der Waals surface area contributed by atoms with E-state index in [0.717, 1.165) is 12.8 Å². The Kier molecular flexibility index (Phi) is 4.75. The van der Waals surface area contributed by atoms with Crippen LogP contribution in [0.15, 0.2) is 18.3 Å². The number of esters is 1. The molecule has 0 spiro atoms. The standard InChI is InChI=1S/C12H17NO4/c1-3-4-6-9(11(14)15)13-8-5-7-10(13)12(16)17-2/h5,7-9H,3-4,6H2,1-2H3,(H,14,15). The zero-order valence-electron chi connectivity index (χ0n) is 10.0. The molecule has 1 heterocycles. The van der Waals surface area contributed by atoms with E-state index in [-0.39, 0.29) is 5.69 Å². The number of methoxy groups -OCH3 is 1. The maximum Gasteiger partial charge on any atom is 0.354 e. The molecule has 0 aliphatic heterocycles. The molecule has 1 rings (SSSR count). The Labute approximate surface area is 100 Å². The van der Waals surface area contributed by atoms with Crippen LogP contribution >= 0.6 is 0 Å². The number of carbonyl (C=O) groups is 2. The highest BCUT2D eigenvalue weighted by atomic mass is 16.5. The van der Waals surface area contributed by atoms with E-state index in [1.54, 1.807) is 18.3 Å². The molecule has 1 aromatic rings. The summed E-state index contributed by atoms with van der Waals surface area (Å²) in [4.78, 5) is 22.7. The summed E-state index contributed by atoms with van der Waals surface area (Å²) < 4.78 is 6.08. The minimum atomic E-state index is -0.931. The van der Waals surface area contributed by atoms with Crippen LogP contribution in [0.5, 0.6) is 0 Å². The summed E-state index contributed by atoms with van der Waals surface area (Å²) in [6.45, 7) is 2.00. The first-order valence-electron chi connectivity index (χ1n) is 5.59. The van der Waals surface area contributed by atoms with Crippen LogP contribution in [-0.4, -0.2) is 28.7 Å². The molecule has 0 saturated carbocycles. The summed E-state index contributed by atoms with van der Waals surface area (Å²) in [6.07, 6.45) is 3.82. The van der Waals surface area contributed by atoms with Crippen molar-refractivity contribution in [2.75, 3.05) is 7.11 Å². The first-order chi connectivity index (χ1) is 8.11. The Morgan fingerprint density at radius 3 is 2.76 bits per heavy atom. The van der Waals surface area contributed by atoms with Gasteiger partial charge >= 0.3 is 11.9 Å². The van der Waals surface area contributed by atoms with Crippen molar-refractivity contribution < 1.29 is 19.4 Å². The van der Waals surface area contributed by atoms with E-state index >= 15 is 0 Å². The number of ether oxygens (including phenoxy) is 1. The van der Waals surface area contributed by atoms with Crippen molar-refractivity contribution in [2.24, 2.45) is 0 Å². The van der Waals surface area contributed by atoms with Gasteiger partial charge in [-0.15, -0.1) is 0 Å². The van der Waals surface area contributed by atoms with Gasteiger partial charge in [-0.2, -0.15) is 0 Å². The van der Waals surface area contributed by atoms with Crippen molar-refractivity contribution in [3.05, 3.63) is 24.0 Å². The number of carbonyl (C=O) groups excluding carboxylic acids is 1. The largest absolute Gasteiger partial charge is 0.480 e. The van der Waals surface area contributed by atoms with Crippen LogP contribution in [0.1, 0.15) is 42.7 Å². The third kappa shape index (κ3) is 3.09. The third-order valence-electron chi connectivity index (χ3n) is 2.63. The SMILES string of the molecule is CCCCC(C(=O)O)n1cccc1C(=O)OC. The van der Waals surface area contributed by atoms with Gasteiger partial charge in [0, 0.05) is 6.20 Å². The summed E-state index contributed by atoms with van der Waals surface area (Å²) in [5.74, 6) is -1.45. The van der Waals surface area contributed by atoms with E-state index in [4.69, 9.17) is 0 Å². The van der Waals surface area contributed by atoms with Crippen LogP contribution in [0.2, 0.25) is 0 Å². The molecule has 17 heavy (non-hydrogen) atoms. The normalized spacial score (nSPS) is 12.1. The number of unbranched alkanes of at least 4 members (excludes halogenated alkanes) is 1. The van der Waals surface area contributed by atoms with Gasteiger partial charge in [-0.05, 0) is 18.6 Å². The van der Waals surface area contributed by atoms with E-state index < -0.39 is 18.0 Å². The molecule has 5 nitrogen and oxygen atoms in total. The van der Waals surface area contributed by atoms with Gasteiger partial charge in [-0.25, -0.2) is 9.59 Å². The third-order valence-corrected chi connectivity index (χ3v) is 2.63. The first-order valence-corrected chi connectivity index (χ1v) is 5.59. The molecule has 1 unspecified atom stereocenters. The van der Waals surface area contributed by atoms with Gasteiger partial charge in [0.15, 0.2) is 0 Å². The molecule has 5 heteroatoms. The fourth-order valence-electron chi connectivity index (χ4n) is 1.72. The summed E-state index contributed by atoms with van der Waals surface area (Å²) in [6, 6.07) is 2.50. The summed E-state index contributed by atoms with van der Waals surface area (Å²) in [5.41, 5.74) is 0.274. The Morgan fingerprint density at radius 1 is 1.53 bits per heavy atom. The molecule has 0 radical (unpaired) electrons. The number of rotatable bonds is 6. The molecule has 0 aliphatic carbocycles. The maximum absolute atomic E-state index is 11.5. The highest BCUT2D eigenvalue weighted by Gasteiger charge is 2.23. The Hall–Kier alpha value is -1.78. The number of nitrogens with zero attached hydrogens (tertiary/aromatic N) is 1. The fourth-order valence-corrected chi connectivity index (χ4v) is 1.72. The van der Waals surface area contributed by atoms with Crippen LogP contribution in [-0.2, 0) is 9.53 Å². The second-order valence-electron chi connectivity index (χ2n) is 3.79. The average Bonchev–Trinajstić information content (AvgIpc) is 2.77. The van der Waals surface area contributed by atoms with Gasteiger partial charge in [-0.3, -0.25) is 0 Å². The summed E-state index contributed by atoms with van der Waals surface area (Å²) >= 11 is 0. The van der Waals surface area contributed by atoms with Gasteiger partial charge in [0.2, 0.25) is 0 Å². The minimum Gasteiger partial charge on any atom is -0.480 e. The zero-order chi connectivity index (χ0) is 12.8. The van der Waals surface area contributed by atoms with Crippen LogP contribution < -0.4 is 0 Å². The molecule has 0 amide bonds. The minimum absolute atomic E-state index is 0.274. The van der Waals surface area contributed by atoms with E-state index in [1.165, 1.54) is 11.7 Å². The number of aromatic nitrogens is 1. The second-order valence-corrected chi connectivity index (χ2v) is 3.79. The van der Waals surface area contributed by atoms with E-state index in [0.29, 0.717) is 6.42 Å². The smallest absolute Gasteiger partial charge is 0.354 e. The predicted octanol–water partition coefficient (Wildman–Crippen LogP) is 2.09. The second kappa shape index (κ2) is 6.08. The quantitative estimate of drug-likeness (QED) is 0.772. The Balaban J connectivity index is 2.98. The lowest BCUT2D eigenvalue weighted by Crippen LogP contribution is -2.22. The highest BCUT2D eigenvalue weighted by Crippen LogP contribution is 2.19. The van der Waals surface area contributed by atoms with Crippen molar-refractivity contribution in [3.63, 3.8) is 0 Å². The number of aliphatic carboxylic acids is 1. The van der Waals surface area contributed by atoms with Gasteiger partial charge < -0.3 is 14.4 Å². The van der Waals surface area contributed by atoms with Crippen molar-refractivity contribution in [3.8, 4) is 0 Å². The number of carboxylic acid groups (broad SMARTS) is 1. The van der Waals surface area contributed by atoms with Gasteiger partial charge in [0.1, 0.15) is 11.7 Å². The lowest BCUT2D eigenvalue weighted by Gasteiger charge is -2.16. The number of hydrogen-bond acceptors (Lipinski definition) is 3. The summed E-state index contributed by atoms with van der Waals surface area (Å²) in [7, 11) is 1.28. The van der Waals surface area contributed by atoms with E-state index in [9.17, 15) is 14.7 Å². The van der Waals surface area contributed by atoms with Crippen LogP contribution in [0.3, 0.4) is 0 Å². The maximum atomic E-state index is 11.5. The predicted molar refractivity (Wildman–Crippen MR) is 62.0 cm³/mol. The van der Waals surface area contributed by atoms with Crippen molar-refractivity contribution in [2.45, 2.75) is 32.2 Å². The Morgan fingerprint density at radius 2 is 2.24 bits per heavy atom. The molecular formula is C12H17NO4. The van der Waals surface area contributed by atoms with Gasteiger partial charge in [0.25, 0.3) is 0 Å². The molecule has 1 aromatic heterocycles. The summed E-state index contributed by atoms with van der Waals surface area (Å²) in [5, 5.41) is 9.18. The molecule has 1 atom stereocenters. The molecule has 1 N–H and O–H groups in total. The van der Waals surface area contributed by atoms with Crippen LogP contribution in [0.4, 0.5) is 0 Å². The van der Waals surface area contributed by atoms with Crippen molar-refractivity contribution >= 4 is 11.9 Å². The average molecular weight is 239 g/mol. The lowest BCUT2D eigenvalue weighted by atomic mass is 10.1. The van der Waals surface area contributed by atoms with E-state index in [1.807, 2.05) is 6.92 Å².